The van der Waals surface area contributed by atoms with Crippen LogP contribution < -0.4 is 15.5 Å². The number of hydrogen-bond acceptors (Lipinski definition) is 9. The summed E-state index contributed by atoms with van der Waals surface area (Å²) in [5, 5.41) is 9.42. The largest absolute Gasteiger partial charge is 0.378 e. The number of benzene rings is 1. The first kappa shape index (κ1) is 23.4. The number of fused-ring (bicyclic) bond motifs is 3. The van der Waals surface area contributed by atoms with E-state index in [-0.39, 0.29) is 5.41 Å². The third-order valence-corrected chi connectivity index (χ3v) is 7.03. The Morgan fingerprint density at radius 2 is 1.86 bits per heavy atom. The topological polar surface area (TPSA) is 123 Å². The van der Waals surface area contributed by atoms with Crippen LogP contribution in [0.4, 0.5) is 22.2 Å². The molecule has 0 saturated carbocycles. The minimum atomic E-state index is -0.396. The van der Waals surface area contributed by atoms with Gasteiger partial charge in [-0.15, -0.1) is 0 Å². The molecule has 0 spiro atoms. The molecule has 0 atom stereocenters. The number of thiazole rings is 1. The van der Waals surface area contributed by atoms with Gasteiger partial charge in [0.15, 0.2) is 10.8 Å². The fourth-order valence-electron chi connectivity index (χ4n) is 4.03. The highest BCUT2D eigenvalue weighted by molar-refractivity contribution is 7.23. The molecule has 2 amide bonds. The van der Waals surface area contributed by atoms with E-state index in [0.29, 0.717) is 30.5 Å². The number of rotatable bonds is 4. The number of carbonyl (C=O) groups excluding carboxylic acids is 1. The van der Waals surface area contributed by atoms with E-state index in [1.54, 1.807) is 6.07 Å². The molecule has 0 aliphatic carbocycles. The molecule has 1 aliphatic rings. The smallest absolute Gasteiger partial charge is 0.324 e. The molecule has 0 radical (unpaired) electrons. The summed E-state index contributed by atoms with van der Waals surface area (Å²) < 4.78 is 12.7. The van der Waals surface area contributed by atoms with E-state index in [1.165, 1.54) is 11.3 Å². The van der Waals surface area contributed by atoms with Gasteiger partial charge < -0.3 is 19.5 Å². The number of amides is 2. The second-order valence-corrected chi connectivity index (χ2v) is 10.8. The van der Waals surface area contributed by atoms with Gasteiger partial charge in [-0.2, -0.15) is 0 Å². The van der Waals surface area contributed by atoms with Crippen LogP contribution in [0.2, 0.25) is 0 Å². The summed E-state index contributed by atoms with van der Waals surface area (Å²) in [6.45, 7) is 9.02. The predicted octanol–water partition coefficient (Wildman–Crippen LogP) is 4.77. The summed E-state index contributed by atoms with van der Waals surface area (Å²) in [6.07, 6.45) is 3.84. The molecule has 1 saturated heterocycles. The molecule has 0 unspecified atom stereocenters. The van der Waals surface area contributed by atoms with Crippen LogP contribution in [0.5, 0.6) is 0 Å². The lowest BCUT2D eigenvalue weighted by Crippen LogP contribution is -2.37. The zero-order valence-corrected chi connectivity index (χ0v) is 21.5. The number of anilines is 3. The maximum Gasteiger partial charge on any atom is 0.324 e. The average molecular weight is 519 g/mol. The van der Waals surface area contributed by atoms with E-state index in [2.05, 4.69) is 25.7 Å². The molecule has 12 heteroatoms. The van der Waals surface area contributed by atoms with E-state index in [0.717, 1.165) is 45.6 Å². The van der Waals surface area contributed by atoms with Crippen LogP contribution in [0.1, 0.15) is 26.5 Å². The quantitative estimate of drug-likeness (QED) is 0.349. The third kappa shape index (κ3) is 4.72. The molecular weight excluding hydrogens is 492 g/mol. The van der Waals surface area contributed by atoms with Gasteiger partial charge in [-0.1, -0.05) is 49.4 Å². The molecule has 4 aromatic heterocycles. The lowest BCUT2D eigenvalue weighted by Gasteiger charge is -2.26. The zero-order chi connectivity index (χ0) is 25.6. The fraction of sp³-hybridized carbons (Fsp3) is 0.320. The lowest BCUT2D eigenvalue weighted by atomic mass is 9.93. The maximum absolute atomic E-state index is 12.4. The Morgan fingerprint density at radius 1 is 1.08 bits per heavy atom. The van der Waals surface area contributed by atoms with Crippen LogP contribution in [-0.2, 0) is 10.2 Å². The van der Waals surface area contributed by atoms with E-state index in [9.17, 15) is 4.79 Å². The molecule has 0 bridgehead atoms. The molecule has 37 heavy (non-hydrogen) atoms. The molecular formula is C25H26N8O3S. The zero-order valence-electron chi connectivity index (χ0n) is 20.7. The Labute approximate surface area is 216 Å². The average Bonchev–Trinajstić information content (AvgIpc) is 3.59. The van der Waals surface area contributed by atoms with Crippen molar-refractivity contribution < 1.29 is 14.1 Å². The van der Waals surface area contributed by atoms with Gasteiger partial charge in [0.25, 0.3) is 0 Å². The molecule has 2 N–H and O–H groups in total. The van der Waals surface area contributed by atoms with Crippen LogP contribution in [0, 0.1) is 0 Å². The van der Waals surface area contributed by atoms with Crippen LogP contribution >= 0.6 is 11.3 Å². The predicted molar refractivity (Wildman–Crippen MR) is 142 cm³/mol. The van der Waals surface area contributed by atoms with E-state index in [1.807, 2.05) is 61.8 Å². The number of hydrogen-bond donors (Lipinski definition) is 2. The van der Waals surface area contributed by atoms with Crippen molar-refractivity contribution in [2.75, 3.05) is 41.8 Å². The number of urea groups is 1. The van der Waals surface area contributed by atoms with Crippen molar-refractivity contribution in [2.24, 2.45) is 0 Å². The van der Waals surface area contributed by atoms with Gasteiger partial charge in [0, 0.05) is 42.0 Å². The van der Waals surface area contributed by atoms with Crippen molar-refractivity contribution in [3.8, 4) is 11.3 Å². The number of nitrogens with one attached hydrogen (secondary N) is 2. The molecule has 1 aromatic carbocycles. The third-order valence-electron chi connectivity index (χ3n) is 6.07. The van der Waals surface area contributed by atoms with Crippen LogP contribution in [0.15, 0.2) is 47.2 Å². The lowest BCUT2D eigenvalue weighted by molar-refractivity contribution is 0.122. The number of imidazole rings is 1. The highest BCUT2D eigenvalue weighted by Gasteiger charge is 2.21. The SMILES string of the molecule is CC(C)(C)c1cc(NC(=O)Nc2ccc(-c3cn4c(n3)sc3nc(N5CCOCC5)ncc34)cc2)no1. The summed E-state index contributed by atoms with van der Waals surface area (Å²) in [4.78, 5) is 30.4. The highest BCUT2D eigenvalue weighted by atomic mass is 32.1. The summed E-state index contributed by atoms with van der Waals surface area (Å²) in [6, 6.07) is 8.84. The monoisotopic (exact) mass is 518 g/mol. The van der Waals surface area contributed by atoms with Gasteiger partial charge >= 0.3 is 6.03 Å². The van der Waals surface area contributed by atoms with Crippen LogP contribution in [0.3, 0.4) is 0 Å². The first-order valence-corrected chi connectivity index (χ1v) is 12.8. The van der Waals surface area contributed by atoms with Gasteiger partial charge in [0.1, 0.15) is 16.1 Å². The van der Waals surface area contributed by atoms with Crippen molar-refractivity contribution in [2.45, 2.75) is 26.2 Å². The van der Waals surface area contributed by atoms with Gasteiger partial charge in [-0.3, -0.25) is 9.72 Å². The first-order valence-electron chi connectivity index (χ1n) is 12.0. The minimum Gasteiger partial charge on any atom is -0.378 e. The molecule has 5 heterocycles. The molecule has 190 valence electrons. The van der Waals surface area contributed by atoms with Crippen molar-refractivity contribution in [3.05, 3.63) is 48.5 Å². The number of carbonyl (C=O) groups is 1. The Bertz CT molecular complexity index is 1580. The standard InChI is InChI=1S/C25H26N8O3S/c1-25(2,3)19-12-20(31-36-19)29-23(34)27-16-6-4-15(5-7-16)17-14-33-18-13-26-22(32-8-10-35-11-9-32)30-21(18)37-24(33)28-17/h4-7,12-14H,8-11H2,1-3H3,(H2,27,29,31,34). The highest BCUT2D eigenvalue weighted by Crippen LogP contribution is 2.30. The van der Waals surface area contributed by atoms with Crippen molar-refractivity contribution in [1.29, 1.82) is 0 Å². The Morgan fingerprint density at radius 3 is 2.59 bits per heavy atom. The Kier molecular flexibility index (Phi) is 5.76. The number of morpholine rings is 1. The summed E-state index contributed by atoms with van der Waals surface area (Å²) in [7, 11) is 0. The fourth-order valence-corrected chi connectivity index (χ4v) is 4.98. The van der Waals surface area contributed by atoms with Crippen LogP contribution in [-0.4, -0.2) is 56.8 Å². The molecule has 6 rings (SSSR count). The second kappa shape index (κ2) is 9.12. The van der Waals surface area contributed by atoms with Crippen molar-refractivity contribution in [1.82, 2.24) is 24.5 Å². The minimum absolute atomic E-state index is 0.188. The normalized spacial score (nSPS) is 14.4. The summed E-state index contributed by atoms with van der Waals surface area (Å²) in [5.41, 5.74) is 3.15. The van der Waals surface area contributed by atoms with E-state index in [4.69, 9.17) is 19.2 Å². The molecule has 5 aromatic rings. The number of nitrogens with zero attached hydrogens (tertiary/aromatic N) is 6. The Balaban J connectivity index is 1.15. The van der Waals surface area contributed by atoms with Crippen LogP contribution in [0.25, 0.3) is 26.6 Å². The van der Waals surface area contributed by atoms with Gasteiger partial charge in [-0.25, -0.2) is 19.7 Å². The summed E-state index contributed by atoms with van der Waals surface area (Å²) >= 11 is 1.53. The van der Waals surface area contributed by atoms with Crippen molar-refractivity contribution >= 4 is 50.1 Å². The number of aromatic nitrogens is 5. The van der Waals surface area contributed by atoms with Crippen molar-refractivity contribution in [3.63, 3.8) is 0 Å². The number of ether oxygens (including phenoxy) is 1. The van der Waals surface area contributed by atoms with Gasteiger partial charge in [-0.05, 0) is 12.1 Å². The Hall–Kier alpha value is -4.03. The first-order chi connectivity index (χ1) is 17.8. The van der Waals surface area contributed by atoms with Gasteiger partial charge in [0.05, 0.1) is 25.1 Å². The maximum atomic E-state index is 12.4. The molecule has 1 fully saturated rings. The second-order valence-electron chi connectivity index (χ2n) is 9.82. The van der Waals surface area contributed by atoms with Gasteiger partial charge in [0.2, 0.25) is 5.95 Å². The molecule has 1 aliphatic heterocycles. The summed E-state index contributed by atoms with van der Waals surface area (Å²) in [5.74, 6) is 1.79. The molecule has 11 nitrogen and oxygen atoms in total. The van der Waals surface area contributed by atoms with E-state index < -0.39 is 6.03 Å². The van der Waals surface area contributed by atoms with E-state index >= 15 is 0 Å².